The summed E-state index contributed by atoms with van der Waals surface area (Å²) in [5.41, 5.74) is 6.23. The van der Waals surface area contributed by atoms with Crippen LogP contribution in [0.1, 0.15) is 22.4 Å². The maximum atomic E-state index is 11.6. The molecule has 0 saturated heterocycles. The van der Waals surface area contributed by atoms with E-state index in [1.807, 2.05) is 85.0 Å². The highest BCUT2D eigenvalue weighted by Crippen LogP contribution is 2.23. The molecule has 6 nitrogen and oxygen atoms in total. The van der Waals surface area contributed by atoms with Gasteiger partial charge in [-0.1, -0.05) is 103 Å². The fraction of sp³-hybridized carbons (Fsp3) is 0. The molecule has 0 aliphatic heterocycles. The molecule has 5 rings (SSSR count). The van der Waals surface area contributed by atoms with Crippen molar-refractivity contribution < 1.29 is 13.0 Å². The van der Waals surface area contributed by atoms with E-state index in [0.717, 1.165) is 33.6 Å². The lowest BCUT2D eigenvalue weighted by Gasteiger charge is -2.04. The Bertz CT molecular complexity index is 1670. The summed E-state index contributed by atoms with van der Waals surface area (Å²) in [5, 5.41) is 8.81. The van der Waals surface area contributed by atoms with Gasteiger partial charge in [-0.05, 0) is 52.1 Å². The largest absolute Gasteiger partial charge is 0.295 e. The second-order valence-corrected chi connectivity index (χ2v) is 9.71. The Hall–Kier alpha value is -4.59. The quantitative estimate of drug-likeness (QED) is 0.201. The van der Waals surface area contributed by atoms with Gasteiger partial charge in [-0.3, -0.25) is 4.55 Å². The third kappa shape index (κ3) is 5.98. The summed E-state index contributed by atoms with van der Waals surface area (Å²) in [6.07, 6.45) is 9.16. The van der Waals surface area contributed by atoms with Crippen molar-refractivity contribution in [3.8, 4) is 16.8 Å². The van der Waals surface area contributed by atoms with Crippen molar-refractivity contribution in [2.24, 2.45) is 0 Å². The Morgan fingerprint density at radius 3 is 1.84 bits per heavy atom. The minimum Gasteiger partial charge on any atom is -0.282 e. The molecule has 7 heteroatoms. The van der Waals surface area contributed by atoms with Gasteiger partial charge in [0.05, 0.1) is 11.9 Å². The number of benzene rings is 4. The molecule has 1 aromatic heterocycles. The van der Waals surface area contributed by atoms with Crippen molar-refractivity contribution in [3.05, 3.63) is 132 Å². The Morgan fingerprint density at radius 1 is 0.649 bits per heavy atom. The fourth-order valence-corrected chi connectivity index (χ4v) is 4.52. The Kier molecular flexibility index (Phi) is 6.89. The average molecular weight is 506 g/mol. The minimum absolute atomic E-state index is 0.113. The second-order valence-electron chi connectivity index (χ2n) is 8.32. The summed E-state index contributed by atoms with van der Waals surface area (Å²) in [6.45, 7) is 0. The maximum Gasteiger partial charge on any atom is 0.295 e. The van der Waals surface area contributed by atoms with Crippen LogP contribution in [0.5, 0.6) is 0 Å². The van der Waals surface area contributed by atoms with Crippen LogP contribution in [0, 0.1) is 0 Å². The van der Waals surface area contributed by atoms with Crippen LogP contribution >= 0.6 is 0 Å². The van der Waals surface area contributed by atoms with E-state index in [1.165, 1.54) is 6.07 Å². The fourth-order valence-electron chi connectivity index (χ4n) is 3.83. The summed E-state index contributed by atoms with van der Waals surface area (Å²) in [7, 11) is -4.28. The van der Waals surface area contributed by atoms with E-state index in [0.29, 0.717) is 5.56 Å². The molecule has 182 valence electrons. The summed E-state index contributed by atoms with van der Waals surface area (Å²) in [6, 6.07) is 32.3. The van der Waals surface area contributed by atoms with Gasteiger partial charge in [0.15, 0.2) is 0 Å². The van der Waals surface area contributed by atoms with Crippen molar-refractivity contribution in [1.29, 1.82) is 0 Å². The van der Waals surface area contributed by atoms with E-state index in [-0.39, 0.29) is 4.90 Å². The highest BCUT2D eigenvalue weighted by molar-refractivity contribution is 7.85. The lowest BCUT2D eigenvalue weighted by atomic mass is 10.0. The van der Waals surface area contributed by atoms with Gasteiger partial charge in [-0.25, -0.2) is 0 Å². The number of hydrogen-bond acceptors (Lipinski definition) is 4. The number of para-hydroxylation sites is 1. The summed E-state index contributed by atoms with van der Waals surface area (Å²) >= 11 is 0. The van der Waals surface area contributed by atoms with Crippen molar-refractivity contribution in [3.63, 3.8) is 0 Å². The maximum absolute atomic E-state index is 11.6. The van der Waals surface area contributed by atoms with E-state index >= 15 is 0 Å². The van der Waals surface area contributed by atoms with Crippen LogP contribution in [0.15, 0.2) is 114 Å². The van der Waals surface area contributed by atoms with Gasteiger partial charge < -0.3 is 0 Å². The topological polar surface area (TPSA) is 85.1 Å². The summed E-state index contributed by atoms with van der Waals surface area (Å²) in [5.74, 6) is 0. The van der Waals surface area contributed by atoms with Crippen molar-refractivity contribution in [1.82, 2.24) is 15.0 Å². The third-order valence-electron chi connectivity index (χ3n) is 5.75. The van der Waals surface area contributed by atoms with E-state index in [4.69, 9.17) is 0 Å². The first-order valence-corrected chi connectivity index (χ1v) is 13.0. The molecule has 1 N–H and O–H groups in total. The zero-order valence-corrected chi connectivity index (χ0v) is 20.5. The van der Waals surface area contributed by atoms with Gasteiger partial charge in [0.2, 0.25) is 0 Å². The van der Waals surface area contributed by atoms with E-state index in [9.17, 15) is 13.0 Å². The summed E-state index contributed by atoms with van der Waals surface area (Å²) < 4.78 is 32.5. The van der Waals surface area contributed by atoms with Crippen molar-refractivity contribution >= 4 is 34.4 Å². The molecule has 5 aromatic rings. The van der Waals surface area contributed by atoms with Crippen molar-refractivity contribution in [2.45, 2.75) is 4.90 Å². The molecule has 4 aromatic carbocycles. The highest BCUT2D eigenvalue weighted by Gasteiger charge is 2.12. The van der Waals surface area contributed by atoms with Gasteiger partial charge in [0.1, 0.15) is 10.6 Å². The van der Waals surface area contributed by atoms with Crippen molar-refractivity contribution in [2.75, 3.05) is 0 Å². The van der Waals surface area contributed by atoms with Crippen LogP contribution in [-0.2, 0) is 10.1 Å². The Morgan fingerprint density at radius 2 is 1.22 bits per heavy atom. The first-order valence-electron chi connectivity index (χ1n) is 11.6. The van der Waals surface area contributed by atoms with Gasteiger partial charge in [-0.2, -0.15) is 18.3 Å². The Balaban J connectivity index is 1.26. The molecular formula is C30H23N3O3S. The smallest absolute Gasteiger partial charge is 0.282 e. The van der Waals surface area contributed by atoms with E-state index in [1.54, 1.807) is 35.3 Å². The van der Waals surface area contributed by atoms with Gasteiger partial charge in [0.25, 0.3) is 10.1 Å². The monoisotopic (exact) mass is 505 g/mol. The van der Waals surface area contributed by atoms with Gasteiger partial charge in [-0.15, -0.1) is 5.10 Å². The van der Waals surface area contributed by atoms with Crippen LogP contribution in [0.4, 0.5) is 0 Å². The Labute approximate surface area is 215 Å². The van der Waals surface area contributed by atoms with Crippen LogP contribution in [0.3, 0.4) is 0 Å². The van der Waals surface area contributed by atoms with Gasteiger partial charge in [0, 0.05) is 0 Å². The average Bonchev–Trinajstić information content (AvgIpc) is 3.41. The lowest BCUT2D eigenvalue weighted by molar-refractivity contribution is 0.483. The standard InChI is InChI=1S/C30H23N3O3S/c34-37(35,36)30-9-5-4-6-27(30)20-14-23-10-16-25(17-11-23)26-18-12-24(13-19-26)15-21-28-22-31-33(32-28)29-7-2-1-3-8-29/h1-22H,(H,34,35,36)/b20-14+,21-15+. The second kappa shape index (κ2) is 10.6. The lowest BCUT2D eigenvalue weighted by Crippen LogP contribution is -2.00. The predicted molar refractivity (Wildman–Crippen MR) is 147 cm³/mol. The van der Waals surface area contributed by atoms with Crippen LogP contribution in [-0.4, -0.2) is 28.0 Å². The zero-order chi connectivity index (χ0) is 25.7. The van der Waals surface area contributed by atoms with Crippen LogP contribution in [0.2, 0.25) is 0 Å². The van der Waals surface area contributed by atoms with Crippen LogP contribution < -0.4 is 0 Å². The molecule has 0 radical (unpaired) electrons. The molecule has 1 heterocycles. The highest BCUT2D eigenvalue weighted by atomic mass is 32.2. The molecule has 37 heavy (non-hydrogen) atoms. The number of nitrogens with zero attached hydrogens (tertiary/aromatic N) is 3. The molecule has 0 aliphatic rings. The normalized spacial score (nSPS) is 11.9. The molecule has 0 fully saturated rings. The van der Waals surface area contributed by atoms with E-state index < -0.39 is 10.1 Å². The minimum atomic E-state index is -4.28. The molecule has 0 atom stereocenters. The molecule has 0 spiro atoms. The molecule has 0 amide bonds. The molecule has 0 bridgehead atoms. The number of rotatable bonds is 7. The summed E-state index contributed by atoms with van der Waals surface area (Å²) in [4.78, 5) is 1.49. The first kappa shape index (κ1) is 24.1. The van der Waals surface area contributed by atoms with Crippen LogP contribution in [0.25, 0.3) is 41.1 Å². The molecular weight excluding hydrogens is 482 g/mol. The zero-order valence-electron chi connectivity index (χ0n) is 19.7. The first-order chi connectivity index (χ1) is 18.0. The molecule has 0 unspecified atom stereocenters. The van der Waals surface area contributed by atoms with Gasteiger partial charge >= 0.3 is 0 Å². The van der Waals surface area contributed by atoms with E-state index in [2.05, 4.69) is 22.3 Å². The predicted octanol–water partition coefficient (Wildman–Crippen LogP) is 6.52. The SMILES string of the molecule is O=S(=O)(O)c1ccccc1/C=C/c1ccc(-c2ccc(/C=C/c3cnn(-c4ccccc4)n3)cc2)cc1. The molecule has 0 saturated carbocycles. The third-order valence-corrected chi connectivity index (χ3v) is 6.68. The number of aromatic nitrogens is 3. The number of hydrogen-bond donors (Lipinski definition) is 1. The molecule has 0 aliphatic carbocycles.